The smallest absolute Gasteiger partial charge is 0.331 e. The summed E-state index contributed by atoms with van der Waals surface area (Å²) in [7, 11) is 0. The van der Waals surface area contributed by atoms with Crippen LogP contribution in [0.4, 0.5) is 0 Å². The highest BCUT2D eigenvalue weighted by molar-refractivity contribution is 9.11. The molecule has 1 unspecified atom stereocenters. The molecule has 2 aromatic heterocycles. The maximum Gasteiger partial charge on any atom is 0.331 e. The molecule has 0 amide bonds. The Morgan fingerprint density at radius 1 is 1.53 bits per heavy atom. The van der Waals surface area contributed by atoms with Gasteiger partial charge in [-0.3, -0.25) is 0 Å². The van der Waals surface area contributed by atoms with Gasteiger partial charge < -0.3 is 5.11 Å². The van der Waals surface area contributed by atoms with Gasteiger partial charge in [-0.25, -0.2) is 9.78 Å². The zero-order chi connectivity index (χ0) is 14.2. The predicted molar refractivity (Wildman–Crippen MR) is 72.8 cm³/mol. The monoisotopic (exact) mass is 345 g/mol. The largest absolute Gasteiger partial charge is 0.480 e. The van der Waals surface area contributed by atoms with Gasteiger partial charge in [-0.05, 0) is 26.6 Å². The Kier molecular flexibility index (Phi) is 3.68. The fourth-order valence-electron chi connectivity index (χ4n) is 1.60. The Bertz CT molecular complexity index is 603. The summed E-state index contributed by atoms with van der Waals surface area (Å²) in [6.07, 6.45) is 1.61. The van der Waals surface area contributed by atoms with E-state index in [1.807, 2.05) is 20.8 Å². The summed E-state index contributed by atoms with van der Waals surface area (Å²) in [5.41, 5.74) is -0.516. The average Bonchev–Trinajstić information content (AvgIpc) is 2.84. The van der Waals surface area contributed by atoms with Gasteiger partial charge in [0, 0.05) is 0 Å². The third-order valence-corrected chi connectivity index (χ3v) is 3.88. The molecule has 1 atom stereocenters. The maximum atomic E-state index is 11.4. The summed E-state index contributed by atoms with van der Waals surface area (Å²) in [5, 5.41) is 21.2. The lowest BCUT2D eigenvalue weighted by Gasteiger charge is -2.25. The number of halogens is 1. The number of tetrazole rings is 1. The van der Waals surface area contributed by atoms with Crippen LogP contribution in [0.5, 0.6) is 0 Å². The standard InChI is InChI=1S/C10H12BrN5O2S/c1-10(2,3)6(8(17)18)16-14-7(13-15-16)5-4-12-9(11)19-5/h4,6H,1-3H3,(H,17,18). The Labute approximate surface area is 121 Å². The van der Waals surface area contributed by atoms with Gasteiger partial charge in [0.15, 0.2) is 9.96 Å². The van der Waals surface area contributed by atoms with Crippen molar-refractivity contribution in [3.63, 3.8) is 0 Å². The first-order valence-electron chi connectivity index (χ1n) is 5.43. The van der Waals surface area contributed by atoms with E-state index < -0.39 is 17.4 Å². The summed E-state index contributed by atoms with van der Waals surface area (Å²) >= 11 is 4.61. The Balaban J connectivity index is 2.37. The molecule has 0 radical (unpaired) electrons. The SMILES string of the molecule is CC(C)(C)C(C(=O)O)n1nnc(-c2cnc(Br)s2)n1. The van der Waals surface area contributed by atoms with E-state index in [4.69, 9.17) is 0 Å². The van der Waals surface area contributed by atoms with Crippen molar-refractivity contribution in [2.75, 3.05) is 0 Å². The third kappa shape index (κ3) is 2.98. The minimum atomic E-state index is -0.984. The molecule has 19 heavy (non-hydrogen) atoms. The number of thiazole rings is 1. The minimum Gasteiger partial charge on any atom is -0.480 e. The van der Waals surface area contributed by atoms with Crippen molar-refractivity contribution in [1.29, 1.82) is 0 Å². The number of hydrogen-bond acceptors (Lipinski definition) is 6. The number of carboxylic acids is 1. The zero-order valence-electron chi connectivity index (χ0n) is 10.5. The van der Waals surface area contributed by atoms with Crippen LogP contribution in [0.3, 0.4) is 0 Å². The van der Waals surface area contributed by atoms with Crippen LogP contribution in [-0.4, -0.2) is 36.3 Å². The average molecular weight is 346 g/mol. The summed E-state index contributed by atoms with van der Waals surface area (Å²) in [4.78, 5) is 17.3. The molecule has 7 nitrogen and oxygen atoms in total. The number of hydrogen-bond donors (Lipinski definition) is 1. The van der Waals surface area contributed by atoms with Crippen molar-refractivity contribution in [2.45, 2.75) is 26.8 Å². The summed E-state index contributed by atoms with van der Waals surface area (Å²) in [6, 6.07) is -0.870. The summed E-state index contributed by atoms with van der Waals surface area (Å²) in [5.74, 6) is -0.611. The van der Waals surface area contributed by atoms with Gasteiger partial charge in [-0.2, -0.15) is 0 Å². The molecule has 0 aliphatic carbocycles. The molecule has 0 aliphatic rings. The van der Waals surface area contributed by atoms with E-state index in [-0.39, 0.29) is 0 Å². The van der Waals surface area contributed by atoms with Crippen molar-refractivity contribution in [2.24, 2.45) is 5.41 Å². The molecule has 1 N–H and O–H groups in total. The van der Waals surface area contributed by atoms with Gasteiger partial charge in [-0.15, -0.1) is 26.3 Å². The normalized spacial score (nSPS) is 13.5. The van der Waals surface area contributed by atoms with Gasteiger partial charge >= 0.3 is 5.97 Å². The van der Waals surface area contributed by atoms with Crippen molar-refractivity contribution < 1.29 is 9.90 Å². The lowest BCUT2D eigenvalue weighted by molar-refractivity contribution is -0.145. The molecule has 0 saturated carbocycles. The molecule has 2 heterocycles. The van der Waals surface area contributed by atoms with Crippen molar-refractivity contribution in [3.05, 3.63) is 10.1 Å². The molecule has 102 valence electrons. The Morgan fingerprint density at radius 2 is 2.21 bits per heavy atom. The number of rotatable bonds is 3. The molecule has 0 spiro atoms. The van der Waals surface area contributed by atoms with E-state index in [0.29, 0.717) is 9.74 Å². The van der Waals surface area contributed by atoms with Gasteiger partial charge in [-0.1, -0.05) is 20.8 Å². The molecule has 2 rings (SSSR count). The number of aromatic nitrogens is 5. The molecule has 0 saturated heterocycles. The molecule has 0 aliphatic heterocycles. The van der Waals surface area contributed by atoms with Crippen LogP contribution in [0, 0.1) is 5.41 Å². The maximum absolute atomic E-state index is 11.4. The predicted octanol–water partition coefficient (Wildman–Crippen LogP) is 2.23. The summed E-state index contributed by atoms with van der Waals surface area (Å²) in [6.45, 7) is 5.45. The second-order valence-electron chi connectivity index (χ2n) is 5.02. The van der Waals surface area contributed by atoms with Crippen molar-refractivity contribution in [3.8, 4) is 10.7 Å². The molecule has 9 heteroatoms. The third-order valence-electron chi connectivity index (χ3n) is 2.41. The van der Waals surface area contributed by atoms with Gasteiger partial charge in [0.05, 0.1) is 11.1 Å². The highest BCUT2D eigenvalue weighted by atomic mass is 79.9. The van der Waals surface area contributed by atoms with E-state index in [1.165, 1.54) is 11.3 Å². The summed E-state index contributed by atoms with van der Waals surface area (Å²) < 4.78 is 0.712. The van der Waals surface area contributed by atoms with E-state index >= 15 is 0 Å². The first-order chi connectivity index (χ1) is 8.79. The number of carbonyl (C=O) groups is 1. The molecular formula is C10H12BrN5O2S. The number of nitrogens with zero attached hydrogens (tertiary/aromatic N) is 5. The van der Waals surface area contributed by atoms with E-state index in [0.717, 1.165) is 9.67 Å². The van der Waals surface area contributed by atoms with Crippen LogP contribution in [0.2, 0.25) is 0 Å². The van der Waals surface area contributed by atoms with Crippen LogP contribution in [0.1, 0.15) is 26.8 Å². The van der Waals surface area contributed by atoms with Gasteiger partial charge in [0.2, 0.25) is 5.82 Å². The van der Waals surface area contributed by atoms with Crippen LogP contribution >= 0.6 is 27.3 Å². The van der Waals surface area contributed by atoms with Crippen molar-refractivity contribution >= 4 is 33.2 Å². The van der Waals surface area contributed by atoms with Gasteiger partial charge in [0.25, 0.3) is 0 Å². The Morgan fingerprint density at radius 3 is 2.68 bits per heavy atom. The highest BCUT2D eigenvalue weighted by Crippen LogP contribution is 2.31. The molecule has 0 bridgehead atoms. The highest BCUT2D eigenvalue weighted by Gasteiger charge is 2.35. The van der Waals surface area contributed by atoms with Crippen LogP contribution in [0.25, 0.3) is 10.7 Å². The van der Waals surface area contributed by atoms with Crippen molar-refractivity contribution in [1.82, 2.24) is 25.2 Å². The molecule has 2 aromatic rings. The first-order valence-corrected chi connectivity index (χ1v) is 7.04. The second kappa shape index (κ2) is 4.97. The van der Waals surface area contributed by atoms with Gasteiger partial charge in [0.1, 0.15) is 0 Å². The van der Waals surface area contributed by atoms with E-state index in [9.17, 15) is 9.90 Å². The minimum absolute atomic E-state index is 0.374. The lowest BCUT2D eigenvalue weighted by atomic mass is 9.87. The number of aliphatic carboxylic acids is 1. The Hall–Kier alpha value is -1.35. The fourth-order valence-corrected chi connectivity index (χ4v) is 2.80. The van der Waals surface area contributed by atoms with Crippen LogP contribution < -0.4 is 0 Å². The second-order valence-corrected chi connectivity index (χ2v) is 7.32. The zero-order valence-corrected chi connectivity index (χ0v) is 12.9. The molecule has 0 fully saturated rings. The van der Waals surface area contributed by atoms with E-state index in [1.54, 1.807) is 6.20 Å². The van der Waals surface area contributed by atoms with Crippen LogP contribution in [-0.2, 0) is 4.79 Å². The lowest BCUT2D eigenvalue weighted by Crippen LogP contribution is -2.33. The quantitative estimate of drug-likeness (QED) is 0.916. The fraction of sp³-hybridized carbons (Fsp3) is 0.500. The topological polar surface area (TPSA) is 93.8 Å². The van der Waals surface area contributed by atoms with Crippen LogP contribution in [0.15, 0.2) is 10.1 Å². The van der Waals surface area contributed by atoms with E-state index in [2.05, 4.69) is 36.3 Å². The first kappa shape index (κ1) is 14.1. The molecule has 0 aromatic carbocycles. The number of carboxylic acid groups (broad SMARTS) is 1. The molecular weight excluding hydrogens is 334 g/mol.